The van der Waals surface area contributed by atoms with Gasteiger partial charge in [0.2, 0.25) is 0 Å². The van der Waals surface area contributed by atoms with Crippen LogP contribution in [0.2, 0.25) is 0 Å². The van der Waals surface area contributed by atoms with E-state index in [0.717, 1.165) is 11.0 Å². The molecule has 0 aliphatic carbocycles. The molecule has 3 heterocycles. The van der Waals surface area contributed by atoms with E-state index in [1.807, 2.05) is 66.8 Å². The molecule has 0 radical (unpaired) electrons. The summed E-state index contributed by atoms with van der Waals surface area (Å²) in [5.41, 5.74) is 0.574. The topological polar surface area (TPSA) is 62.1 Å². The molecule has 1 fully saturated rings. The molecule has 0 bridgehead atoms. The first-order chi connectivity index (χ1) is 11.4. The van der Waals surface area contributed by atoms with Crippen molar-refractivity contribution in [1.82, 2.24) is 9.61 Å². The Kier molecular flexibility index (Phi) is 4.00. The Balaban J connectivity index is 1.88. The third-order valence-corrected chi connectivity index (χ3v) is 4.62. The van der Waals surface area contributed by atoms with Crippen molar-refractivity contribution in [2.75, 3.05) is 0 Å². The molecule has 7 heteroatoms. The number of fused-ring (bicyclic) bond motifs is 1. The molecule has 2 aromatic rings. The van der Waals surface area contributed by atoms with Crippen LogP contribution in [0.4, 0.5) is 0 Å². The summed E-state index contributed by atoms with van der Waals surface area (Å²) < 4.78 is 19.2. The first-order valence-corrected chi connectivity index (χ1v) is 8.46. The van der Waals surface area contributed by atoms with Gasteiger partial charge in [-0.1, -0.05) is 6.07 Å². The molecule has 0 spiro atoms. The molecule has 1 aliphatic rings. The Bertz CT molecular complexity index is 804. The highest BCUT2D eigenvalue weighted by Gasteiger charge is 2.51. The van der Waals surface area contributed by atoms with Gasteiger partial charge in [0, 0.05) is 11.7 Å². The number of carbonyl (C=O) groups is 1. The van der Waals surface area contributed by atoms with Gasteiger partial charge < -0.3 is 14.0 Å². The van der Waals surface area contributed by atoms with Crippen molar-refractivity contribution in [3.05, 3.63) is 30.1 Å². The maximum atomic E-state index is 12.2. The van der Waals surface area contributed by atoms with Crippen LogP contribution in [-0.4, -0.2) is 39.5 Å². The van der Waals surface area contributed by atoms with Gasteiger partial charge in [0.05, 0.1) is 16.7 Å². The summed E-state index contributed by atoms with van der Waals surface area (Å²) in [6, 6.07) is 5.53. The molecule has 3 rings (SSSR count). The highest BCUT2D eigenvalue weighted by molar-refractivity contribution is 6.62. The fourth-order valence-electron chi connectivity index (χ4n) is 2.55. The number of hydrogen-bond donors (Lipinski definition) is 0. The van der Waals surface area contributed by atoms with E-state index in [-0.39, 0.29) is 5.69 Å². The van der Waals surface area contributed by atoms with Gasteiger partial charge in [-0.15, -0.1) is 0 Å². The lowest BCUT2D eigenvalue weighted by molar-refractivity contribution is 0.00578. The molecular formula is C18H25BN2O4. The van der Waals surface area contributed by atoms with Crippen LogP contribution >= 0.6 is 0 Å². The second kappa shape index (κ2) is 5.57. The first kappa shape index (κ1) is 18.0. The zero-order valence-corrected chi connectivity index (χ0v) is 15.9. The summed E-state index contributed by atoms with van der Waals surface area (Å²) in [5, 5.41) is 4.33. The smallest absolute Gasteiger partial charge is 0.455 e. The summed E-state index contributed by atoms with van der Waals surface area (Å²) in [5.74, 6) is -0.437. The second-order valence-electron chi connectivity index (χ2n) is 8.45. The van der Waals surface area contributed by atoms with E-state index in [1.165, 1.54) is 0 Å². The van der Waals surface area contributed by atoms with Crippen molar-refractivity contribution >= 4 is 24.1 Å². The number of hydrogen-bond acceptors (Lipinski definition) is 5. The summed E-state index contributed by atoms with van der Waals surface area (Å²) in [6.45, 7) is 13.5. The number of pyridine rings is 1. The van der Waals surface area contributed by atoms with Gasteiger partial charge in [0.25, 0.3) is 0 Å². The SMILES string of the molecule is CC(C)(C)OC(=O)c1cc2ccc(B3OC(C)(C)C(C)(C)O3)cn2n1. The summed E-state index contributed by atoms with van der Waals surface area (Å²) >= 11 is 0. The van der Waals surface area contributed by atoms with Crippen molar-refractivity contribution in [2.45, 2.75) is 65.3 Å². The van der Waals surface area contributed by atoms with E-state index in [1.54, 1.807) is 10.6 Å². The fraction of sp³-hybridized carbons (Fsp3) is 0.556. The monoisotopic (exact) mass is 344 g/mol. The van der Waals surface area contributed by atoms with E-state index >= 15 is 0 Å². The first-order valence-electron chi connectivity index (χ1n) is 8.46. The normalized spacial score (nSPS) is 19.4. The van der Waals surface area contributed by atoms with Gasteiger partial charge in [0.15, 0.2) is 5.69 Å². The summed E-state index contributed by atoms with van der Waals surface area (Å²) in [7, 11) is -0.469. The molecule has 0 unspecified atom stereocenters. The number of rotatable bonds is 2. The molecule has 1 saturated heterocycles. The highest BCUT2D eigenvalue weighted by Crippen LogP contribution is 2.36. The Morgan fingerprint density at radius 3 is 2.32 bits per heavy atom. The van der Waals surface area contributed by atoms with Crippen molar-refractivity contribution in [3.8, 4) is 0 Å². The molecular weight excluding hydrogens is 319 g/mol. The molecule has 2 aromatic heterocycles. The lowest BCUT2D eigenvalue weighted by Gasteiger charge is -2.32. The summed E-state index contributed by atoms with van der Waals surface area (Å²) in [6.07, 6.45) is 1.82. The van der Waals surface area contributed by atoms with Crippen molar-refractivity contribution < 1.29 is 18.8 Å². The molecule has 0 atom stereocenters. The third kappa shape index (κ3) is 3.44. The van der Waals surface area contributed by atoms with Crippen molar-refractivity contribution in [3.63, 3.8) is 0 Å². The Hall–Kier alpha value is -1.86. The van der Waals surface area contributed by atoms with Gasteiger partial charge in [-0.2, -0.15) is 5.10 Å². The number of ether oxygens (including phenoxy) is 1. The molecule has 1 aliphatic heterocycles. The van der Waals surface area contributed by atoms with Crippen LogP contribution in [0.1, 0.15) is 59.0 Å². The number of nitrogens with zero attached hydrogens (tertiary/aromatic N) is 2. The number of carbonyl (C=O) groups excluding carboxylic acids is 1. The zero-order chi connectivity index (χ0) is 18.6. The maximum absolute atomic E-state index is 12.2. The maximum Gasteiger partial charge on any atom is 0.496 e. The minimum atomic E-state index is -0.555. The van der Waals surface area contributed by atoms with Gasteiger partial charge >= 0.3 is 13.1 Å². The molecule has 0 N–H and O–H groups in total. The van der Waals surface area contributed by atoms with Crippen LogP contribution in [0.3, 0.4) is 0 Å². The number of aromatic nitrogens is 2. The van der Waals surface area contributed by atoms with Crippen molar-refractivity contribution in [2.24, 2.45) is 0 Å². The van der Waals surface area contributed by atoms with Gasteiger partial charge in [-0.05, 0) is 60.6 Å². The standard InChI is InChI=1S/C18H25BN2O4/c1-16(2,3)23-15(22)14-10-13-9-8-12(11-21(13)20-14)19-24-17(4,5)18(6,7)25-19/h8-11H,1-7H3. The predicted molar refractivity (Wildman–Crippen MR) is 96.1 cm³/mol. The lowest BCUT2D eigenvalue weighted by atomic mass is 9.80. The molecule has 0 aromatic carbocycles. The fourth-order valence-corrected chi connectivity index (χ4v) is 2.55. The Morgan fingerprint density at radius 2 is 1.76 bits per heavy atom. The van der Waals surface area contributed by atoms with Crippen molar-refractivity contribution in [1.29, 1.82) is 0 Å². The Morgan fingerprint density at radius 1 is 1.16 bits per heavy atom. The molecule has 134 valence electrons. The Labute approximate surface area is 148 Å². The zero-order valence-electron chi connectivity index (χ0n) is 15.9. The second-order valence-corrected chi connectivity index (χ2v) is 8.45. The van der Waals surface area contributed by atoms with Crippen LogP contribution in [0.25, 0.3) is 5.52 Å². The molecule has 0 saturated carbocycles. The van der Waals surface area contributed by atoms with Crippen LogP contribution in [-0.2, 0) is 14.0 Å². The van der Waals surface area contributed by atoms with E-state index in [9.17, 15) is 4.79 Å². The number of esters is 1. The molecule has 0 amide bonds. The predicted octanol–water partition coefficient (Wildman–Crippen LogP) is 2.59. The van der Waals surface area contributed by atoms with Crippen LogP contribution in [0, 0.1) is 0 Å². The minimum absolute atomic E-state index is 0.279. The van der Waals surface area contributed by atoms with Gasteiger partial charge in [-0.3, -0.25) is 0 Å². The highest BCUT2D eigenvalue weighted by atomic mass is 16.7. The average Bonchev–Trinajstić information content (AvgIpc) is 2.95. The molecule has 25 heavy (non-hydrogen) atoms. The molecule has 6 nitrogen and oxygen atoms in total. The van der Waals surface area contributed by atoms with Crippen LogP contribution in [0.5, 0.6) is 0 Å². The minimum Gasteiger partial charge on any atom is -0.455 e. The average molecular weight is 344 g/mol. The van der Waals surface area contributed by atoms with Gasteiger partial charge in [-0.25, -0.2) is 9.31 Å². The largest absolute Gasteiger partial charge is 0.496 e. The van der Waals surface area contributed by atoms with Crippen LogP contribution in [0.15, 0.2) is 24.4 Å². The van der Waals surface area contributed by atoms with Crippen LogP contribution < -0.4 is 5.46 Å². The van der Waals surface area contributed by atoms with E-state index in [2.05, 4.69) is 5.10 Å². The van der Waals surface area contributed by atoms with E-state index in [0.29, 0.717) is 0 Å². The lowest BCUT2D eigenvalue weighted by Crippen LogP contribution is -2.41. The summed E-state index contributed by atoms with van der Waals surface area (Å²) in [4.78, 5) is 12.2. The third-order valence-electron chi connectivity index (χ3n) is 4.62. The quantitative estimate of drug-likeness (QED) is 0.619. The van der Waals surface area contributed by atoms with E-state index < -0.39 is 29.9 Å². The van der Waals surface area contributed by atoms with E-state index in [4.69, 9.17) is 14.0 Å². The van der Waals surface area contributed by atoms with Gasteiger partial charge in [0.1, 0.15) is 5.60 Å².